The summed E-state index contributed by atoms with van der Waals surface area (Å²) in [5.74, 6) is 0. The number of benzene rings is 2. The molecule has 0 aromatic heterocycles. The summed E-state index contributed by atoms with van der Waals surface area (Å²) in [5, 5.41) is 2.67. The van der Waals surface area contributed by atoms with Crippen LogP contribution in [0.5, 0.6) is 0 Å². The van der Waals surface area contributed by atoms with Gasteiger partial charge in [-0.05, 0) is 57.9 Å². The largest absolute Gasteiger partial charge is 0.412 e. The Morgan fingerprint density at radius 3 is 1.88 bits per heavy atom. The summed E-state index contributed by atoms with van der Waals surface area (Å²) in [6.07, 6.45) is 1.06. The van der Waals surface area contributed by atoms with Gasteiger partial charge < -0.3 is 4.43 Å². The first-order valence-electron chi connectivity index (χ1n) is 9.88. The van der Waals surface area contributed by atoms with Crippen LogP contribution < -0.4 is 0 Å². The van der Waals surface area contributed by atoms with Crippen LogP contribution in [-0.4, -0.2) is 8.32 Å². The van der Waals surface area contributed by atoms with Crippen LogP contribution in [-0.2, 0) is 17.5 Å². The Hall–Kier alpha value is -1.12. The molecule has 25 heavy (non-hydrogen) atoms. The number of hydrogen-bond donors (Lipinski definition) is 0. The summed E-state index contributed by atoms with van der Waals surface area (Å²) in [6.45, 7) is 19.3. The van der Waals surface area contributed by atoms with E-state index in [4.69, 9.17) is 4.43 Å². The van der Waals surface area contributed by atoms with Gasteiger partial charge in [0.25, 0.3) is 0 Å². The molecule has 0 aliphatic carbocycles. The Morgan fingerprint density at radius 1 is 0.800 bits per heavy atom. The molecule has 0 bridgehead atoms. The molecule has 0 saturated carbocycles. The Morgan fingerprint density at radius 2 is 1.36 bits per heavy atom. The average Bonchev–Trinajstić information content (AvgIpc) is 2.53. The Kier molecular flexibility index (Phi) is 6.50. The third kappa shape index (κ3) is 4.01. The first-order chi connectivity index (χ1) is 11.7. The Balaban J connectivity index is 2.41. The quantitative estimate of drug-likeness (QED) is 0.469. The summed E-state index contributed by atoms with van der Waals surface area (Å²) < 4.78 is 6.86. The van der Waals surface area contributed by atoms with Crippen LogP contribution in [0.25, 0.3) is 10.8 Å². The van der Waals surface area contributed by atoms with E-state index >= 15 is 0 Å². The lowest BCUT2D eigenvalue weighted by molar-refractivity contribution is 0.265. The van der Waals surface area contributed by atoms with E-state index in [1.54, 1.807) is 0 Å². The molecule has 0 aliphatic heterocycles. The molecule has 0 heterocycles. The van der Waals surface area contributed by atoms with Gasteiger partial charge in [-0.25, -0.2) is 0 Å². The van der Waals surface area contributed by atoms with Crippen molar-refractivity contribution in [3.63, 3.8) is 0 Å². The predicted molar refractivity (Wildman–Crippen MR) is 114 cm³/mol. The van der Waals surface area contributed by atoms with E-state index in [0.29, 0.717) is 16.6 Å². The lowest BCUT2D eigenvalue weighted by Crippen LogP contribution is -2.47. The van der Waals surface area contributed by atoms with Gasteiger partial charge in [-0.1, -0.05) is 78.3 Å². The Labute approximate surface area is 155 Å². The SMILES string of the molecule is CCc1cc2ccc(C)cc2cc1CO[Si](C(C)C)(C(C)C)C(C)C. The molecule has 0 radical (unpaired) electrons. The zero-order chi connectivity index (χ0) is 18.8. The third-order valence-corrected chi connectivity index (χ3v) is 11.9. The molecular weight excluding hydrogens is 320 g/mol. The van der Waals surface area contributed by atoms with Crippen molar-refractivity contribution in [1.82, 2.24) is 0 Å². The number of hydrogen-bond acceptors (Lipinski definition) is 1. The molecule has 0 unspecified atom stereocenters. The van der Waals surface area contributed by atoms with E-state index in [2.05, 4.69) is 85.7 Å². The number of fused-ring (bicyclic) bond motifs is 1. The van der Waals surface area contributed by atoms with Crippen molar-refractivity contribution in [3.05, 3.63) is 47.0 Å². The topological polar surface area (TPSA) is 9.23 Å². The van der Waals surface area contributed by atoms with Gasteiger partial charge >= 0.3 is 0 Å². The van der Waals surface area contributed by atoms with Gasteiger partial charge in [0.2, 0.25) is 8.32 Å². The minimum atomic E-state index is -1.82. The molecule has 2 aromatic carbocycles. The van der Waals surface area contributed by atoms with E-state index in [9.17, 15) is 0 Å². The van der Waals surface area contributed by atoms with Crippen LogP contribution in [0.3, 0.4) is 0 Å². The highest BCUT2D eigenvalue weighted by Gasteiger charge is 2.45. The lowest BCUT2D eigenvalue weighted by atomic mass is 9.98. The second-order valence-electron chi connectivity index (χ2n) is 8.43. The zero-order valence-electron chi connectivity index (χ0n) is 17.4. The van der Waals surface area contributed by atoms with Crippen molar-refractivity contribution in [3.8, 4) is 0 Å². The molecular formula is C23H36OSi. The van der Waals surface area contributed by atoms with Gasteiger partial charge in [0.05, 0.1) is 6.61 Å². The molecule has 0 N–H and O–H groups in total. The van der Waals surface area contributed by atoms with E-state index in [0.717, 1.165) is 13.0 Å². The summed E-state index contributed by atoms with van der Waals surface area (Å²) >= 11 is 0. The van der Waals surface area contributed by atoms with Gasteiger partial charge in [0.15, 0.2) is 0 Å². The van der Waals surface area contributed by atoms with Gasteiger partial charge in [0.1, 0.15) is 0 Å². The maximum Gasteiger partial charge on any atom is 0.200 e. The van der Waals surface area contributed by atoms with Gasteiger partial charge in [-0.3, -0.25) is 0 Å². The van der Waals surface area contributed by atoms with Crippen LogP contribution in [0.2, 0.25) is 16.6 Å². The average molecular weight is 357 g/mol. The van der Waals surface area contributed by atoms with Crippen molar-refractivity contribution in [2.75, 3.05) is 0 Å². The standard InChI is InChI=1S/C23H36OSi/c1-9-20-13-21-11-10-19(8)12-22(21)14-23(20)15-24-25(16(2)3,17(4)5)18(6)7/h10-14,16-18H,9,15H2,1-8H3. The van der Waals surface area contributed by atoms with E-state index in [1.807, 2.05) is 0 Å². The Bertz CT molecular complexity index is 694. The fourth-order valence-corrected chi connectivity index (χ4v) is 10.1. The molecule has 0 aliphatic rings. The minimum absolute atomic E-state index is 0.625. The normalized spacial score (nSPS) is 12.8. The van der Waals surface area contributed by atoms with E-state index in [1.165, 1.54) is 27.5 Å². The molecule has 2 aromatic rings. The highest BCUT2D eigenvalue weighted by molar-refractivity contribution is 6.77. The molecule has 2 rings (SSSR count). The molecule has 0 saturated heterocycles. The number of aryl methyl sites for hydroxylation is 2. The second kappa shape index (κ2) is 8.05. The minimum Gasteiger partial charge on any atom is -0.412 e. The van der Waals surface area contributed by atoms with Crippen LogP contribution >= 0.6 is 0 Å². The second-order valence-corrected chi connectivity index (χ2v) is 13.9. The highest BCUT2D eigenvalue weighted by atomic mass is 28.4. The first-order valence-corrected chi connectivity index (χ1v) is 12.0. The smallest absolute Gasteiger partial charge is 0.200 e. The lowest BCUT2D eigenvalue weighted by Gasteiger charge is -2.42. The summed E-state index contributed by atoms with van der Waals surface area (Å²) in [6, 6.07) is 11.4. The van der Waals surface area contributed by atoms with Crippen LogP contribution in [0.1, 0.15) is 65.2 Å². The van der Waals surface area contributed by atoms with Crippen molar-refractivity contribution in [2.24, 2.45) is 0 Å². The van der Waals surface area contributed by atoms with Gasteiger partial charge in [0, 0.05) is 0 Å². The van der Waals surface area contributed by atoms with E-state index in [-0.39, 0.29) is 0 Å². The highest BCUT2D eigenvalue weighted by Crippen LogP contribution is 2.43. The van der Waals surface area contributed by atoms with Crippen LogP contribution in [0, 0.1) is 6.92 Å². The molecule has 0 atom stereocenters. The maximum absolute atomic E-state index is 6.86. The third-order valence-electron chi connectivity index (χ3n) is 5.88. The summed E-state index contributed by atoms with van der Waals surface area (Å²) in [7, 11) is -1.82. The van der Waals surface area contributed by atoms with E-state index < -0.39 is 8.32 Å². The molecule has 1 nitrogen and oxygen atoms in total. The molecule has 138 valence electrons. The van der Waals surface area contributed by atoms with Crippen molar-refractivity contribution < 1.29 is 4.43 Å². The summed E-state index contributed by atoms with van der Waals surface area (Å²) in [5.41, 5.74) is 6.00. The molecule has 2 heteroatoms. The first kappa shape index (κ1) is 20.2. The molecule has 0 fully saturated rings. The molecule has 0 spiro atoms. The van der Waals surface area contributed by atoms with Crippen LogP contribution in [0.4, 0.5) is 0 Å². The predicted octanol–water partition coefficient (Wildman–Crippen LogP) is 7.40. The van der Waals surface area contributed by atoms with Crippen LogP contribution in [0.15, 0.2) is 30.3 Å². The summed E-state index contributed by atoms with van der Waals surface area (Å²) in [4.78, 5) is 0. The van der Waals surface area contributed by atoms with Crippen molar-refractivity contribution in [1.29, 1.82) is 0 Å². The zero-order valence-corrected chi connectivity index (χ0v) is 18.4. The number of rotatable bonds is 7. The fraction of sp³-hybridized carbons (Fsp3) is 0.565. The van der Waals surface area contributed by atoms with Gasteiger partial charge in [-0.2, -0.15) is 0 Å². The van der Waals surface area contributed by atoms with Crippen molar-refractivity contribution in [2.45, 2.75) is 85.0 Å². The van der Waals surface area contributed by atoms with Crippen molar-refractivity contribution >= 4 is 19.1 Å². The maximum atomic E-state index is 6.86. The molecule has 0 amide bonds. The monoisotopic (exact) mass is 356 g/mol. The fourth-order valence-electron chi connectivity index (χ4n) is 4.68. The van der Waals surface area contributed by atoms with Gasteiger partial charge in [-0.15, -0.1) is 0 Å².